The molecule has 3 rings (SSSR count). The first-order valence-corrected chi connectivity index (χ1v) is 8.05. The molecule has 2 fully saturated rings. The van der Waals surface area contributed by atoms with E-state index in [1.165, 1.54) is 12.1 Å². The summed E-state index contributed by atoms with van der Waals surface area (Å²) in [7, 11) is 0. The maximum absolute atomic E-state index is 13.2. The van der Waals surface area contributed by atoms with Crippen LogP contribution in [-0.4, -0.2) is 31.0 Å². The second-order valence-electron chi connectivity index (χ2n) is 6.71. The standard InChI is InChI=1S/C17H21F3N2O/c18-13-5-3-12(4-6-13)16(7-1-2-8-16)10-22-15(23)14-9-17(19,20)11-21-14/h3-6,14,21H,1-2,7-11H2,(H,22,23). The van der Waals surface area contributed by atoms with Gasteiger partial charge in [0.25, 0.3) is 5.92 Å². The fourth-order valence-corrected chi connectivity index (χ4v) is 3.70. The van der Waals surface area contributed by atoms with E-state index in [2.05, 4.69) is 10.6 Å². The van der Waals surface area contributed by atoms with Gasteiger partial charge in [-0.3, -0.25) is 10.1 Å². The highest BCUT2D eigenvalue weighted by Crippen LogP contribution is 2.40. The summed E-state index contributed by atoms with van der Waals surface area (Å²) in [6.07, 6.45) is 3.46. The third-order valence-electron chi connectivity index (χ3n) is 5.04. The number of halogens is 3. The highest BCUT2D eigenvalue weighted by Gasteiger charge is 2.43. The molecule has 2 aliphatic rings. The van der Waals surface area contributed by atoms with E-state index >= 15 is 0 Å². The van der Waals surface area contributed by atoms with Crippen molar-refractivity contribution in [2.24, 2.45) is 0 Å². The lowest BCUT2D eigenvalue weighted by Crippen LogP contribution is -2.46. The quantitative estimate of drug-likeness (QED) is 0.893. The van der Waals surface area contributed by atoms with Gasteiger partial charge >= 0.3 is 0 Å². The number of carbonyl (C=O) groups is 1. The summed E-state index contributed by atoms with van der Waals surface area (Å²) < 4.78 is 39.5. The molecule has 1 atom stereocenters. The predicted molar refractivity (Wildman–Crippen MR) is 80.9 cm³/mol. The molecule has 0 radical (unpaired) electrons. The lowest BCUT2D eigenvalue weighted by Gasteiger charge is -2.30. The number of nitrogens with one attached hydrogen (secondary N) is 2. The molecule has 1 saturated carbocycles. The van der Waals surface area contributed by atoms with Gasteiger partial charge in [0.2, 0.25) is 5.91 Å². The van der Waals surface area contributed by atoms with E-state index in [-0.39, 0.29) is 17.1 Å². The molecule has 1 aliphatic heterocycles. The summed E-state index contributed by atoms with van der Waals surface area (Å²) in [5.74, 6) is -3.48. The largest absolute Gasteiger partial charge is 0.354 e. The molecule has 1 aliphatic carbocycles. The first-order valence-electron chi connectivity index (χ1n) is 8.05. The van der Waals surface area contributed by atoms with E-state index in [0.717, 1.165) is 31.2 Å². The van der Waals surface area contributed by atoms with Gasteiger partial charge in [-0.1, -0.05) is 25.0 Å². The highest BCUT2D eigenvalue weighted by molar-refractivity contribution is 5.82. The van der Waals surface area contributed by atoms with Crippen LogP contribution in [0.15, 0.2) is 24.3 Å². The van der Waals surface area contributed by atoms with Gasteiger partial charge in [-0.25, -0.2) is 13.2 Å². The molecule has 1 saturated heterocycles. The smallest absolute Gasteiger partial charge is 0.262 e. The van der Waals surface area contributed by atoms with Crippen molar-refractivity contribution in [1.82, 2.24) is 10.6 Å². The summed E-state index contributed by atoms with van der Waals surface area (Å²) in [5.41, 5.74) is 0.784. The Morgan fingerprint density at radius 3 is 2.43 bits per heavy atom. The Morgan fingerprint density at radius 1 is 1.22 bits per heavy atom. The normalized spacial score (nSPS) is 25.4. The van der Waals surface area contributed by atoms with Gasteiger partial charge in [-0.05, 0) is 30.5 Å². The van der Waals surface area contributed by atoms with Crippen molar-refractivity contribution in [2.45, 2.75) is 49.5 Å². The number of alkyl halides is 2. The SMILES string of the molecule is O=C(NCC1(c2ccc(F)cc2)CCCC1)C1CC(F)(F)CN1. The maximum atomic E-state index is 13.2. The molecular formula is C17H21F3N2O. The molecule has 3 nitrogen and oxygen atoms in total. The Bertz CT molecular complexity index is 568. The van der Waals surface area contributed by atoms with Gasteiger partial charge in [0, 0.05) is 18.4 Å². The average Bonchev–Trinajstić information content (AvgIpc) is 3.13. The van der Waals surface area contributed by atoms with Gasteiger partial charge in [0.05, 0.1) is 12.6 Å². The molecule has 1 heterocycles. The second kappa shape index (κ2) is 6.15. The zero-order valence-electron chi connectivity index (χ0n) is 12.9. The van der Waals surface area contributed by atoms with Crippen molar-refractivity contribution in [3.8, 4) is 0 Å². The third kappa shape index (κ3) is 3.52. The molecule has 2 N–H and O–H groups in total. The molecule has 126 valence electrons. The van der Waals surface area contributed by atoms with Crippen molar-refractivity contribution >= 4 is 5.91 Å². The average molecular weight is 326 g/mol. The number of rotatable bonds is 4. The van der Waals surface area contributed by atoms with Gasteiger partial charge < -0.3 is 5.32 Å². The topological polar surface area (TPSA) is 41.1 Å². The van der Waals surface area contributed by atoms with Gasteiger partial charge in [-0.15, -0.1) is 0 Å². The second-order valence-corrected chi connectivity index (χ2v) is 6.71. The molecule has 6 heteroatoms. The Hall–Kier alpha value is -1.56. The van der Waals surface area contributed by atoms with Crippen LogP contribution in [0.3, 0.4) is 0 Å². The van der Waals surface area contributed by atoms with Crippen LogP contribution in [0, 0.1) is 5.82 Å². The molecule has 0 bridgehead atoms. The number of carbonyl (C=O) groups excluding carboxylic acids is 1. The summed E-state index contributed by atoms with van der Waals surface area (Å²) in [5, 5.41) is 5.40. The van der Waals surface area contributed by atoms with Crippen LogP contribution in [-0.2, 0) is 10.2 Å². The van der Waals surface area contributed by atoms with Crippen LogP contribution in [0.4, 0.5) is 13.2 Å². The Morgan fingerprint density at radius 2 is 1.87 bits per heavy atom. The molecule has 1 aromatic rings. The molecule has 0 spiro atoms. The molecule has 1 amide bonds. The van der Waals surface area contributed by atoms with Crippen molar-refractivity contribution in [3.63, 3.8) is 0 Å². The summed E-state index contributed by atoms with van der Waals surface area (Å²) in [4.78, 5) is 12.2. The van der Waals surface area contributed by atoms with Crippen LogP contribution in [0.5, 0.6) is 0 Å². The van der Waals surface area contributed by atoms with E-state index in [9.17, 15) is 18.0 Å². The van der Waals surface area contributed by atoms with Crippen LogP contribution < -0.4 is 10.6 Å². The fraction of sp³-hybridized carbons (Fsp3) is 0.588. The van der Waals surface area contributed by atoms with Gasteiger partial charge in [0.1, 0.15) is 5.82 Å². The van der Waals surface area contributed by atoms with Crippen LogP contribution >= 0.6 is 0 Å². The fourth-order valence-electron chi connectivity index (χ4n) is 3.70. The Labute approximate surface area is 133 Å². The van der Waals surface area contributed by atoms with E-state index in [1.54, 1.807) is 12.1 Å². The Balaban J connectivity index is 1.66. The monoisotopic (exact) mass is 326 g/mol. The minimum atomic E-state index is -2.82. The highest BCUT2D eigenvalue weighted by atomic mass is 19.3. The summed E-state index contributed by atoms with van der Waals surface area (Å²) in [6.45, 7) is -0.0462. The first-order chi connectivity index (χ1) is 10.9. The van der Waals surface area contributed by atoms with Crippen molar-refractivity contribution in [1.29, 1.82) is 0 Å². The molecule has 1 aromatic carbocycles. The van der Waals surface area contributed by atoms with Crippen LogP contribution in [0.25, 0.3) is 0 Å². The van der Waals surface area contributed by atoms with E-state index in [1.807, 2.05) is 0 Å². The minimum absolute atomic E-state index is 0.218. The summed E-state index contributed by atoms with van der Waals surface area (Å²) >= 11 is 0. The molecule has 23 heavy (non-hydrogen) atoms. The molecular weight excluding hydrogens is 305 g/mol. The van der Waals surface area contributed by atoms with Gasteiger partial charge in [0.15, 0.2) is 0 Å². The van der Waals surface area contributed by atoms with Crippen molar-refractivity contribution in [2.75, 3.05) is 13.1 Å². The van der Waals surface area contributed by atoms with E-state index in [0.29, 0.717) is 6.54 Å². The first kappa shape index (κ1) is 16.3. The minimum Gasteiger partial charge on any atom is -0.354 e. The third-order valence-corrected chi connectivity index (χ3v) is 5.04. The number of amides is 1. The molecule has 0 aromatic heterocycles. The van der Waals surface area contributed by atoms with Crippen molar-refractivity contribution in [3.05, 3.63) is 35.6 Å². The van der Waals surface area contributed by atoms with E-state index in [4.69, 9.17) is 0 Å². The summed E-state index contributed by atoms with van der Waals surface area (Å²) in [6, 6.07) is 5.53. The lowest BCUT2D eigenvalue weighted by atomic mass is 9.78. The Kier molecular flexibility index (Phi) is 4.36. The maximum Gasteiger partial charge on any atom is 0.262 e. The van der Waals surface area contributed by atoms with Crippen LogP contribution in [0.2, 0.25) is 0 Å². The number of benzene rings is 1. The van der Waals surface area contributed by atoms with Crippen molar-refractivity contribution < 1.29 is 18.0 Å². The van der Waals surface area contributed by atoms with Gasteiger partial charge in [-0.2, -0.15) is 0 Å². The van der Waals surface area contributed by atoms with E-state index < -0.39 is 24.9 Å². The molecule has 1 unspecified atom stereocenters. The lowest BCUT2D eigenvalue weighted by molar-refractivity contribution is -0.123. The van der Waals surface area contributed by atoms with Crippen LogP contribution in [0.1, 0.15) is 37.7 Å². The number of hydrogen-bond donors (Lipinski definition) is 2. The predicted octanol–water partition coefficient (Wildman–Crippen LogP) is 2.75. The zero-order valence-corrected chi connectivity index (χ0v) is 12.9. The zero-order chi connectivity index (χ0) is 16.5. The number of hydrogen-bond acceptors (Lipinski definition) is 2.